The van der Waals surface area contributed by atoms with Crippen LogP contribution >= 0.6 is 0 Å². The molecule has 0 saturated carbocycles. The maximum absolute atomic E-state index is 12.4. The Bertz CT molecular complexity index is 730. The summed E-state index contributed by atoms with van der Waals surface area (Å²) >= 11 is 0. The number of urea groups is 1. The van der Waals surface area contributed by atoms with E-state index in [1.165, 1.54) is 6.92 Å². The summed E-state index contributed by atoms with van der Waals surface area (Å²) in [4.78, 5) is 29.6. The van der Waals surface area contributed by atoms with Crippen molar-refractivity contribution in [2.75, 3.05) is 13.1 Å². The molecule has 1 fully saturated rings. The van der Waals surface area contributed by atoms with E-state index in [2.05, 4.69) is 20.7 Å². The van der Waals surface area contributed by atoms with E-state index in [0.717, 1.165) is 18.4 Å². The van der Waals surface area contributed by atoms with Crippen molar-refractivity contribution in [3.05, 3.63) is 42.4 Å². The van der Waals surface area contributed by atoms with Crippen LogP contribution in [0.1, 0.15) is 25.3 Å². The number of likely N-dealkylation sites (tertiary alicyclic amines) is 1. The van der Waals surface area contributed by atoms with Crippen LogP contribution in [0, 0.1) is 0 Å². The number of hydrogen-bond acceptors (Lipinski definition) is 4. The van der Waals surface area contributed by atoms with Crippen LogP contribution in [0.4, 0.5) is 4.79 Å². The smallest absolute Gasteiger partial charge is 0.317 e. The lowest BCUT2D eigenvalue weighted by molar-refractivity contribution is -0.119. The van der Waals surface area contributed by atoms with Gasteiger partial charge in [-0.25, -0.2) is 14.5 Å². The molecule has 2 aromatic heterocycles. The highest BCUT2D eigenvalue weighted by Gasteiger charge is 2.23. The van der Waals surface area contributed by atoms with Crippen molar-refractivity contribution in [2.24, 2.45) is 0 Å². The van der Waals surface area contributed by atoms with Crippen molar-refractivity contribution in [1.82, 2.24) is 30.3 Å². The Labute approximate surface area is 146 Å². The molecule has 8 nitrogen and oxygen atoms in total. The van der Waals surface area contributed by atoms with E-state index in [0.29, 0.717) is 25.5 Å². The molecule has 1 saturated heterocycles. The van der Waals surface area contributed by atoms with Gasteiger partial charge in [-0.15, -0.1) is 0 Å². The number of rotatable bonds is 4. The van der Waals surface area contributed by atoms with Gasteiger partial charge in [-0.1, -0.05) is 0 Å². The number of aromatic nitrogens is 3. The van der Waals surface area contributed by atoms with Crippen LogP contribution in [-0.2, 0) is 11.3 Å². The van der Waals surface area contributed by atoms with Crippen LogP contribution < -0.4 is 10.6 Å². The number of amides is 3. The minimum absolute atomic E-state index is 0.0318. The van der Waals surface area contributed by atoms with Gasteiger partial charge in [0.25, 0.3) is 0 Å². The summed E-state index contributed by atoms with van der Waals surface area (Å²) in [7, 11) is 0. The average molecular weight is 342 g/mol. The van der Waals surface area contributed by atoms with E-state index in [1.54, 1.807) is 22.0 Å². The summed E-state index contributed by atoms with van der Waals surface area (Å²) in [6.45, 7) is 3.16. The Balaban J connectivity index is 1.55. The van der Waals surface area contributed by atoms with E-state index in [4.69, 9.17) is 0 Å². The zero-order valence-corrected chi connectivity index (χ0v) is 14.2. The highest BCUT2D eigenvalue weighted by Crippen LogP contribution is 2.11. The predicted octanol–water partition coefficient (Wildman–Crippen LogP) is 1.08. The van der Waals surface area contributed by atoms with Crippen molar-refractivity contribution < 1.29 is 9.59 Å². The molecule has 0 spiro atoms. The SMILES string of the molecule is CC(=O)N[C@@H]1CCCN(C(=O)NCc2ccnc(-n3cccn3)c2)C1. The molecule has 2 aromatic rings. The molecule has 0 unspecified atom stereocenters. The molecule has 2 N–H and O–H groups in total. The topological polar surface area (TPSA) is 92.2 Å². The Kier molecular flexibility index (Phi) is 5.27. The summed E-state index contributed by atoms with van der Waals surface area (Å²) in [6.07, 6.45) is 7.00. The highest BCUT2D eigenvalue weighted by atomic mass is 16.2. The van der Waals surface area contributed by atoms with E-state index >= 15 is 0 Å². The Morgan fingerprint density at radius 2 is 2.24 bits per heavy atom. The van der Waals surface area contributed by atoms with Gasteiger partial charge in [-0.3, -0.25) is 4.79 Å². The number of carbonyl (C=O) groups is 2. The van der Waals surface area contributed by atoms with Crippen LogP contribution in [0.15, 0.2) is 36.8 Å². The molecule has 3 amide bonds. The second-order valence-electron chi connectivity index (χ2n) is 6.12. The first-order valence-electron chi connectivity index (χ1n) is 8.36. The summed E-state index contributed by atoms with van der Waals surface area (Å²) in [5, 5.41) is 9.97. The highest BCUT2D eigenvalue weighted by molar-refractivity contribution is 5.75. The minimum atomic E-state index is -0.118. The van der Waals surface area contributed by atoms with E-state index < -0.39 is 0 Å². The maximum atomic E-state index is 12.4. The molecule has 0 bridgehead atoms. The van der Waals surface area contributed by atoms with Gasteiger partial charge >= 0.3 is 6.03 Å². The van der Waals surface area contributed by atoms with Gasteiger partial charge < -0.3 is 15.5 Å². The number of hydrogen-bond donors (Lipinski definition) is 2. The van der Waals surface area contributed by atoms with Gasteiger partial charge in [-0.2, -0.15) is 5.10 Å². The summed E-state index contributed by atoms with van der Waals surface area (Å²) in [5.41, 5.74) is 0.948. The molecular weight excluding hydrogens is 320 g/mol. The largest absolute Gasteiger partial charge is 0.352 e. The van der Waals surface area contributed by atoms with Crippen LogP contribution in [0.2, 0.25) is 0 Å². The number of nitrogens with zero attached hydrogens (tertiary/aromatic N) is 4. The number of nitrogens with one attached hydrogen (secondary N) is 2. The first kappa shape index (κ1) is 16.9. The van der Waals surface area contributed by atoms with Gasteiger partial charge in [0.1, 0.15) is 0 Å². The van der Waals surface area contributed by atoms with E-state index in [1.807, 2.05) is 24.4 Å². The van der Waals surface area contributed by atoms with Gasteiger partial charge in [0.15, 0.2) is 5.82 Å². The molecule has 1 atom stereocenters. The monoisotopic (exact) mass is 342 g/mol. The lowest BCUT2D eigenvalue weighted by Gasteiger charge is -2.33. The van der Waals surface area contributed by atoms with Crippen molar-refractivity contribution in [3.63, 3.8) is 0 Å². The molecule has 1 aliphatic heterocycles. The maximum Gasteiger partial charge on any atom is 0.317 e. The first-order chi connectivity index (χ1) is 12.1. The molecular formula is C17H22N6O2. The first-order valence-corrected chi connectivity index (χ1v) is 8.36. The standard InChI is InChI=1S/C17H22N6O2/c1-13(24)21-15-4-2-8-22(12-15)17(25)19-11-14-5-7-18-16(10-14)23-9-3-6-20-23/h3,5-7,9-10,15H,2,4,8,11-12H2,1H3,(H,19,25)(H,21,24)/t15-/m1/s1. The molecule has 3 rings (SSSR count). The number of carbonyl (C=O) groups excluding carboxylic acids is 2. The third-order valence-corrected chi connectivity index (χ3v) is 4.11. The van der Waals surface area contributed by atoms with Crippen LogP contribution in [0.5, 0.6) is 0 Å². The molecule has 0 aromatic carbocycles. The van der Waals surface area contributed by atoms with Crippen LogP contribution in [-0.4, -0.2) is 50.7 Å². The zero-order chi connectivity index (χ0) is 17.6. The normalized spacial score (nSPS) is 17.2. The molecule has 1 aliphatic rings. The number of piperidine rings is 1. The molecule has 8 heteroatoms. The molecule has 0 aliphatic carbocycles. The predicted molar refractivity (Wildman–Crippen MR) is 92.0 cm³/mol. The second kappa shape index (κ2) is 7.78. The van der Waals surface area contributed by atoms with Crippen molar-refractivity contribution in [2.45, 2.75) is 32.4 Å². The van der Waals surface area contributed by atoms with Gasteiger partial charge in [-0.05, 0) is 36.6 Å². The minimum Gasteiger partial charge on any atom is -0.352 e. The Morgan fingerprint density at radius 3 is 3.00 bits per heavy atom. The molecule has 25 heavy (non-hydrogen) atoms. The third kappa shape index (κ3) is 4.56. The van der Waals surface area contributed by atoms with Gasteiger partial charge in [0, 0.05) is 51.2 Å². The zero-order valence-electron chi connectivity index (χ0n) is 14.2. The third-order valence-electron chi connectivity index (χ3n) is 4.11. The Hall–Kier alpha value is -2.90. The van der Waals surface area contributed by atoms with Crippen molar-refractivity contribution in [3.8, 4) is 5.82 Å². The lowest BCUT2D eigenvalue weighted by atomic mass is 10.1. The van der Waals surface area contributed by atoms with Crippen molar-refractivity contribution >= 4 is 11.9 Å². The quantitative estimate of drug-likeness (QED) is 0.869. The molecule has 3 heterocycles. The summed E-state index contributed by atoms with van der Waals surface area (Å²) < 4.78 is 1.67. The lowest BCUT2D eigenvalue weighted by Crippen LogP contribution is -2.51. The van der Waals surface area contributed by atoms with Crippen molar-refractivity contribution in [1.29, 1.82) is 0 Å². The fourth-order valence-corrected chi connectivity index (χ4v) is 2.96. The fourth-order valence-electron chi connectivity index (χ4n) is 2.96. The number of pyridine rings is 1. The molecule has 0 radical (unpaired) electrons. The van der Waals surface area contributed by atoms with E-state index in [9.17, 15) is 9.59 Å². The second-order valence-corrected chi connectivity index (χ2v) is 6.12. The van der Waals surface area contributed by atoms with Gasteiger partial charge in [0.05, 0.1) is 0 Å². The molecule has 132 valence electrons. The average Bonchev–Trinajstić information content (AvgIpc) is 3.14. The fraction of sp³-hybridized carbons (Fsp3) is 0.412. The summed E-state index contributed by atoms with van der Waals surface area (Å²) in [5.74, 6) is 0.649. The Morgan fingerprint density at radius 1 is 1.36 bits per heavy atom. The summed E-state index contributed by atoms with van der Waals surface area (Å²) in [6, 6.07) is 5.50. The van der Waals surface area contributed by atoms with Crippen LogP contribution in [0.25, 0.3) is 5.82 Å². The van der Waals surface area contributed by atoms with Gasteiger partial charge in [0.2, 0.25) is 5.91 Å². The van der Waals surface area contributed by atoms with Crippen LogP contribution in [0.3, 0.4) is 0 Å². The van der Waals surface area contributed by atoms with E-state index in [-0.39, 0.29) is 18.0 Å².